The van der Waals surface area contributed by atoms with Crippen molar-refractivity contribution >= 4 is 22.7 Å². The molecule has 0 bridgehead atoms. The van der Waals surface area contributed by atoms with Crippen LogP contribution in [0.4, 0.5) is 0 Å². The van der Waals surface area contributed by atoms with Crippen LogP contribution >= 0.6 is 0 Å². The Hall–Kier alpha value is -2.34. The number of aliphatic hydroxyl groups is 1. The molecule has 3 rings (SSSR count). The number of carbonyl (C=O) groups excluding carboxylic acids is 2. The highest BCUT2D eigenvalue weighted by molar-refractivity contribution is 5.89. The predicted octanol–water partition coefficient (Wildman–Crippen LogP) is 1.44. The molecule has 1 saturated heterocycles. The lowest BCUT2D eigenvalue weighted by Gasteiger charge is -2.36. The molecule has 1 fully saturated rings. The fourth-order valence-corrected chi connectivity index (χ4v) is 3.44. The van der Waals surface area contributed by atoms with Crippen LogP contribution in [0, 0.1) is 5.92 Å². The number of nitrogens with zero attached hydrogens (tertiary/aromatic N) is 1. The smallest absolute Gasteiger partial charge is 0.245 e. The number of β-amino-alcohol motifs (C(OH)–C–C–N with tert-alkyl or cyclic N) is 1. The molecular formula is C19H25N3O3. The maximum Gasteiger partial charge on any atom is 0.245 e. The third-order valence-corrected chi connectivity index (χ3v) is 5.00. The summed E-state index contributed by atoms with van der Waals surface area (Å²) in [6.07, 6.45) is 2.57. The van der Waals surface area contributed by atoms with Crippen LogP contribution in [0.25, 0.3) is 10.9 Å². The van der Waals surface area contributed by atoms with Gasteiger partial charge < -0.3 is 20.3 Å². The van der Waals surface area contributed by atoms with Crippen LogP contribution in [0.5, 0.6) is 0 Å². The molecule has 0 saturated carbocycles. The number of hydrogen-bond acceptors (Lipinski definition) is 3. The first-order valence-corrected chi connectivity index (χ1v) is 8.74. The number of piperidine rings is 1. The molecule has 3 atom stereocenters. The van der Waals surface area contributed by atoms with E-state index in [4.69, 9.17) is 0 Å². The highest BCUT2D eigenvalue weighted by atomic mass is 16.3. The molecule has 6 heteroatoms. The molecule has 1 aromatic carbocycles. The predicted molar refractivity (Wildman–Crippen MR) is 96.0 cm³/mol. The second kappa shape index (κ2) is 7.27. The van der Waals surface area contributed by atoms with Crippen molar-refractivity contribution in [2.24, 2.45) is 5.92 Å². The Labute approximate surface area is 147 Å². The van der Waals surface area contributed by atoms with Gasteiger partial charge in [-0.1, -0.05) is 25.1 Å². The average molecular weight is 343 g/mol. The monoisotopic (exact) mass is 343 g/mol. The number of rotatable bonds is 4. The van der Waals surface area contributed by atoms with E-state index in [-0.39, 0.29) is 17.7 Å². The van der Waals surface area contributed by atoms with Crippen LogP contribution in [0.1, 0.15) is 25.8 Å². The number of aliphatic hydroxyl groups excluding tert-OH is 1. The first-order chi connectivity index (χ1) is 12.0. The lowest BCUT2D eigenvalue weighted by molar-refractivity contribution is -0.139. The van der Waals surface area contributed by atoms with Crippen LogP contribution in [0.2, 0.25) is 0 Å². The third kappa shape index (κ3) is 3.85. The molecule has 134 valence electrons. The van der Waals surface area contributed by atoms with E-state index in [2.05, 4.69) is 10.3 Å². The molecule has 3 N–H and O–H groups in total. The lowest BCUT2D eigenvalue weighted by atomic mass is 9.95. The van der Waals surface area contributed by atoms with Gasteiger partial charge in [-0.2, -0.15) is 0 Å². The molecule has 1 aliphatic rings. The van der Waals surface area contributed by atoms with Crippen LogP contribution in [-0.4, -0.2) is 52.0 Å². The molecule has 2 amide bonds. The summed E-state index contributed by atoms with van der Waals surface area (Å²) in [5.74, 6) is -0.174. The van der Waals surface area contributed by atoms with E-state index < -0.39 is 12.1 Å². The standard InChI is InChI=1S/C19H25N3O3/c1-12-7-8-22(11-18(12)24)19(25)17(21-13(2)23)9-14-10-20-16-6-4-3-5-15(14)16/h3-6,10,12,17-18,20,24H,7-9,11H2,1-2H3,(H,21,23). The Morgan fingerprint density at radius 1 is 1.40 bits per heavy atom. The van der Waals surface area contributed by atoms with Crippen LogP contribution < -0.4 is 5.32 Å². The Morgan fingerprint density at radius 2 is 2.16 bits per heavy atom. The summed E-state index contributed by atoms with van der Waals surface area (Å²) >= 11 is 0. The zero-order valence-corrected chi connectivity index (χ0v) is 14.7. The van der Waals surface area contributed by atoms with E-state index in [1.807, 2.05) is 37.4 Å². The summed E-state index contributed by atoms with van der Waals surface area (Å²) in [6, 6.07) is 7.27. The highest BCUT2D eigenvalue weighted by Gasteiger charge is 2.32. The fourth-order valence-electron chi connectivity index (χ4n) is 3.44. The van der Waals surface area contributed by atoms with Crippen molar-refractivity contribution in [3.8, 4) is 0 Å². The largest absolute Gasteiger partial charge is 0.391 e. The first-order valence-electron chi connectivity index (χ1n) is 8.74. The zero-order valence-electron chi connectivity index (χ0n) is 14.7. The maximum absolute atomic E-state index is 12.9. The van der Waals surface area contributed by atoms with Gasteiger partial charge >= 0.3 is 0 Å². The van der Waals surface area contributed by atoms with Gasteiger partial charge in [0.25, 0.3) is 0 Å². The number of hydrogen-bond donors (Lipinski definition) is 3. The van der Waals surface area contributed by atoms with Gasteiger partial charge in [0.2, 0.25) is 11.8 Å². The Balaban J connectivity index is 1.79. The van der Waals surface area contributed by atoms with Gasteiger partial charge in [0, 0.05) is 43.5 Å². The molecule has 2 aromatic rings. The van der Waals surface area contributed by atoms with Gasteiger partial charge in [0.1, 0.15) is 6.04 Å². The summed E-state index contributed by atoms with van der Waals surface area (Å²) in [7, 11) is 0. The van der Waals surface area contributed by atoms with Gasteiger partial charge in [-0.25, -0.2) is 0 Å². The van der Waals surface area contributed by atoms with E-state index in [0.29, 0.717) is 19.5 Å². The van der Waals surface area contributed by atoms with Crippen LogP contribution in [-0.2, 0) is 16.0 Å². The summed E-state index contributed by atoms with van der Waals surface area (Å²) in [5.41, 5.74) is 2.00. The zero-order chi connectivity index (χ0) is 18.0. The summed E-state index contributed by atoms with van der Waals surface area (Å²) < 4.78 is 0. The quantitative estimate of drug-likeness (QED) is 0.785. The summed E-state index contributed by atoms with van der Waals surface area (Å²) in [5, 5.41) is 13.9. The minimum Gasteiger partial charge on any atom is -0.391 e. The number of nitrogens with one attached hydrogen (secondary N) is 2. The van der Waals surface area contributed by atoms with Crippen molar-refractivity contribution in [1.82, 2.24) is 15.2 Å². The van der Waals surface area contributed by atoms with Crippen molar-refractivity contribution in [3.63, 3.8) is 0 Å². The van der Waals surface area contributed by atoms with Gasteiger partial charge in [-0.15, -0.1) is 0 Å². The molecule has 0 spiro atoms. The summed E-state index contributed by atoms with van der Waals surface area (Å²) in [6.45, 7) is 4.34. The Morgan fingerprint density at radius 3 is 2.88 bits per heavy atom. The number of para-hydroxylation sites is 1. The third-order valence-electron chi connectivity index (χ3n) is 5.00. The van der Waals surface area contributed by atoms with Gasteiger partial charge in [0.15, 0.2) is 0 Å². The van der Waals surface area contributed by atoms with E-state index in [1.165, 1.54) is 6.92 Å². The van der Waals surface area contributed by atoms with Gasteiger partial charge in [0.05, 0.1) is 6.10 Å². The first kappa shape index (κ1) is 17.5. The van der Waals surface area contributed by atoms with E-state index in [1.54, 1.807) is 4.90 Å². The van der Waals surface area contributed by atoms with Crippen molar-refractivity contribution in [2.75, 3.05) is 13.1 Å². The highest BCUT2D eigenvalue weighted by Crippen LogP contribution is 2.21. The number of fused-ring (bicyclic) bond motifs is 1. The topological polar surface area (TPSA) is 85.4 Å². The van der Waals surface area contributed by atoms with Crippen LogP contribution in [0.3, 0.4) is 0 Å². The summed E-state index contributed by atoms with van der Waals surface area (Å²) in [4.78, 5) is 29.4. The number of aromatic nitrogens is 1. The number of amides is 2. The molecule has 6 nitrogen and oxygen atoms in total. The molecule has 0 aliphatic carbocycles. The van der Waals surface area contributed by atoms with Crippen molar-refractivity contribution < 1.29 is 14.7 Å². The Kier molecular flexibility index (Phi) is 5.08. The number of aromatic amines is 1. The second-order valence-electron chi connectivity index (χ2n) is 6.93. The van der Waals surface area contributed by atoms with Crippen LogP contribution in [0.15, 0.2) is 30.5 Å². The van der Waals surface area contributed by atoms with Crippen molar-refractivity contribution in [1.29, 1.82) is 0 Å². The molecule has 25 heavy (non-hydrogen) atoms. The number of H-pyrrole nitrogens is 1. The minimum atomic E-state index is -0.627. The molecule has 1 aromatic heterocycles. The minimum absolute atomic E-state index is 0.133. The van der Waals surface area contributed by atoms with E-state index >= 15 is 0 Å². The van der Waals surface area contributed by atoms with Crippen molar-refractivity contribution in [2.45, 2.75) is 38.8 Å². The van der Waals surface area contributed by atoms with E-state index in [9.17, 15) is 14.7 Å². The number of benzene rings is 1. The van der Waals surface area contributed by atoms with Gasteiger partial charge in [-0.05, 0) is 24.0 Å². The molecule has 3 unspecified atom stereocenters. The second-order valence-corrected chi connectivity index (χ2v) is 6.93. The maximum atomic E-state index is 12.9. The number of likely N-dealkylation sites (tertiary alicyclic amines) is 1. The Bertz CT molecular complexity index is 770. The lowest BCUT2D eigenvalue weighted by Crippen LogP contribution is -2.54. The normalized spacial score (nSPS) is 22.0. The van der Waals surface area contributed by atoms with Crippen molar-refractivity contribution in [3.05, 3.63) is 36.0 Å². The van der Waals surface area contributed by atoms with E-state index in [0.717, 1.165) is 22.9 Å². The van der Waals surface area contributed by atoms with Gasteiger partial charge in [-0.3, -0.25) is 9.59 Å². The SMILES string of the molecule is CC(=O)NC(Cc1c[nH]c2ccccc12)C(=O)N1CCC(C)C(O)C1. The number of carbonyl (C=O) groups is 2. The molecule has 1 aliphatic heterocycles. The average Bonchev–Trinajstić information content (AvgIpc) is 2.99. The fraction of sp³-hybridized carbons (Fsp3) is 0.474. The molecular weight excluding hydrogens is 318 g/mol. The molecule has 2 heterocycles. The molecule has 0 radical (unpaired) electrons.